The van der Waals surface area contributed by atoms with Crippen molar-refractivity contribution in [3.8, 4) is 17.1 Å². The first kappa shape index (κ1) is 14.7. The Labute approximate surface area is 144 Å². The molecule has 0 bridgehead atoms. The second-order valence-corrected chi connectivity index (χ2v) is 5.86. The third kappa shape index (κ3) is 2.39. The first-order valence-corrected chi connectivity index (χ1v) is 8.00. The van der Waals surface area contributed by atoms with Crippen LogP contribution in [0.1, 0.15) is 0 Å². The summed E-state index contributed by atoms with van der Waals surface area (Å²) in [6, 6.07) is 25.1. The summed E-state index contributed by atoms with van der Waals surface area (Å²) in [6.45, 7) is 0. The zero-order valence-electron chi connectivity index (χ0n) is 12.8. The third-order valence-electron chi connectivity index (χ3n) is 3.95. The van der Waals surface area contributed by atoms with Gasteiger partial charge in [0.15, 0.2) is 0 Å². The molecule has 4 heteroatoms. The number of hydrogen-bond donors (Lipinski definition) is 1. The van der Waals surface area contributed by atoms with E-state index in [1.54, 1.807) is 4.57 Å². The fourth-order valence-corrected chi connectivity index (χ4v) is 3.03. The number of fused-ring (bicyclic) bond motifs is 1. The summed E-state index contributed by atoms with van der Waals surface area (Å²) in [4.78, 5) is 4.81. The summed E-state index contributed by atoms with van der Waals surface area (Å²) >= 11 is 6.41. The number of nitrogens with one attached hydrogen (secondary N) is 1. The number of para-hydroxylation sites is 2. The Morgan fingerprint density at radius 3 is 2.25 bits per heavy atom. The van der Waals surface area contributed by atoms with E-state index in [0.717, 1.165) is 22.2 Å². The molecule has 3 aromatic carbocycles. The Bertz CT molecular complexity index is 1080. The van der Waals surface area contributed by atoms with Gasteiger partial charge in [0.2, 0.25) is 0 Å². The molecule has 1 N–H and O–H groups in total. The normalized spacial score (nSPS) is 10.9. The van der Waals surface area contributed by atoms with E-state index >= 15 is 0 Å². The molecule has 4 aromatic rings. The third-order valence-corrected chi connectivity index (χ3v) is 4.27. The molecule has 3 nitrogen and oxygen atoms in total. The second kappa shape index (κ2) is 5.95. The lowest BCUT2D eigenvalue weighted by Crippen LogP contribution is -2.22. The Morgan fingerprint density at radius 2 is 1.46 bits per heavy atom. The van der Waals surface area contributed by atoms with E-state index in [1.165, 1.54) is 0 Å². The summed E-state index contributed by atoms with van der Waals surface area (Å²) in [5.74, 6) is 0.701. The maximum Gasteiger partial charge on any atom is 0.146 e. The molecular formula is C20H14ClN3. The molecule has 0 unspecified atom stereocenters. The smallest absolute Gasteiger partial charge is 0.146 e. The zero-order chi connectivity index (χ0) is 16.5. The van der Waals surface area contributed by atoms with E-state index in [1.807, 2.05) is 78.9 Å². The highest BCUT2D eigenvalue weighted by molar-refractivity contribution is 6.32. The molecule has 1 aromatic heterocycles. The Hall–Kier alpha value is -2.91. The van der Waals surface area contributed by atoms with Gasteiger partial charge < -0.3 is 0 Å². The summed E-state index contributed by atoms with van der Waals surface area (Å²) < 4.78 is 1.81. The minimum absolute atomic E-state index is 0.368. The number of aromatic nitrogens is 2. The molecule has 0 aliphatic heterocycles. The number of halogens is 1. The summed E-state index contributed by atoms with van der Waals surface area (Å²) in [7, 11) is 0. The average molecular weight is 332 g/mol. The molecule has 0 atom stereocenters. The van der Waals surface area contributed by atoms with E-state index in [-0.39, 0.29) is 0 Å². The molecule has 116 valence electrons. The van der Waals surface area contributed by atoms with Crippen molar-refractivity contribution in [1.29, 1.82) is 5.41 Å². The van der Waals surface area contributed by atoms with Crippen LogP contribution in [0.4, 0.5) is 0 Å². The highest BCUT2D eigenvalue weighted by Crippen LogP contribution is 2.25. The van der Waals surface area contributed by atoms with Gasteiger partial charge in [-0.1, -0.05) is 66.2 Å². The molecule has 0 saturated heterocycles. The summed E-state index contributed by atoms with van der Waals surface area (Å²) in [5, 5.41) is 10.1. The minimum atomic E-state index is 0.368. The monoisotopic (exact) mass is 331 g/mol. The lowest BCUT2D eigenvalue weighted by molar-refractivity contribution is 0.922. The van der Waals surface area contributed by atoms with Crippen LogP contribution in [0.2, 0.25) is 5.02 Å². The molecule has 4 rings (SSSR count). The van der Waals surface area contributed by atoms with Gasteiger partial charge >= 0.3 is 0 Å². The first-order valence-electron chi connectivity index (χ1n) is 7.62. The predicted octanol–water partition coefficient (Wildman–Crippen LogP) is 4.83. The van der Waals surface area contributed by atoms with Gasteiger partial charge in [0.25, 0.3) is 0 Å². The molecule has 0 saturated carbocycles. The average Bonchev–Trinajstić information content (AvgIpc) is 2.63. The number of hydrogen-bond acceptors (Lipinski definition) is 2. The molecule has 0 amide bonds. The van der Waals surface area contributed by atoms with Crippen molar-refractivity contribution in [2.75, 3.05) is 0 Å². The standard InChI is InChI=1S/C20H14ClN3/c21-16-11-5-7-13-18(16)24-19(22)15-10-4-6-12-17(15)23-20(24)14-8-2-1-3-9-14/h1-13,22H. The minimum Gasteiger partial charge on any atom is -0.283 e. The fourth-order valence-electron chi connectivity index (χ4n) is 2.81. The van der Waals surface area contributed by atoms with Crippen molar-refractivity contribution >= 4 is 22.5 Å². The Kier molecular flexibility index (Phi) is 3.63. The van der Waals surface area contributed by atoms with Gasteiger partial charge in [-0.2, -0.15) is 0 Å². The highest BCUT2D eigenvalue weighted by Gasteiger charge is 2.14. The van der Waals surface area contributed by atoms with Crippen LogP contribution >= 0.6 is 11.6 Å². The van der Waals surface area contributed by atoms with Gasteiger partial charge in [0, 0.05) is 10.9 Å². The quantitative estimate of drug-likeness (QED) is 0.562. The van der Waals surface area contributed by atoms with Crippen LogP contribution in [0.5, 0.6) is 0 Å². The molecular weight excluding hydrogens is 318 g/mol. The van der Waals surface area contributed by atoms with Gasteiger partial charge in [-0.15, -0.1) is 0 Å². The van der Waals surface area contributed by atoms with Gasteiger partial charge in [0.1, 0.15) is 11.3 Å². The second-order valence-electron chi connectivity index (χ2n) is 5.45. The van der Waals surface area contributed by atoms with Crippen LogP contribution in [0.3, 0.4) is 0 Å². The summed E-state index contributed by atoms with van der Waals surface area (Å²) in [6.07, 6.45) is 0. The van der Waals surface area contributed by atoms with Crippen molar-refractivity contribution in [1.82, 2.24) is 9.55 Å². The number of nitrogens with zero attached hydrogens (tertiary/aromatic N) is 2. The molecule has 0 spiro atoms. The molecule has 24 heavy (non-hydrogen) atoms. The summed E-state index contributed by atoms with van der Waals surface area (Å²) in [5.41, 5.74) is 2.86. The number of benzene rings is 3. The molecule has 0 aliphatic rings. The Morgan fingerprint density at radius 1 is 0.792 bits per heavy atom. The Balaban J connectivity index is 2.16. The maximum atomic E-state index is 8.73. The van der Waals surface area contributed by atoms with E-state index in [0.29, 0.717) is 16.3 Å². The van der Waals surface area contributed by atoms with Crippen molar-refractivity contribution in [2.45, 2.75) is 0 Å². The number of rotatable bonds is 2. The first-order chi connectivity index (χ1) is 11.8. The lowest BCUT2D eigenvalue weighted by Gasteiger charge is -2.16. The van der Waals surface area contributed by atoms with E-state index in [4.69, 9.17) is 22.0 Å². The van der Waals surface area contributed by atoms with Crippen LogP contribution in [0.15, 0.2) is 78.9 Å². The van der Waals surface area contributed by atoms with Crippen LogP contribution in [-0.4, -0.2) is 9.55 Å². The van der Waals surface area contributed by atoms with Crippen molar-refractivity contribution in [2.24, 2.45) is 0 Å². The molecule has 0 radical (unpaired) electrons. The van der Waals surface area contributed by atoms with Crippen LogP contribution in [0.25, 0.3) is 28.0 Å². The topological polar surface area (TPSA) is 41.7 Å². The predicted molar refractivity (Wildman–Crippen MR) is 97.4 cm³/mol. The fraction of sp³-hybridized carbons (Fsp3) is 0. The van der Waals surface area contributed by atoms with E-state index < -0.39 is 0 Å². The molecule has 1 heterocycles. The maximum absolute atomic E-state index is 8.73. The molecule has 0 aliphatic carbocycles. The van der Waals surface area contributed by atoms with Crippen molar-refractivity contribution in [3.63, 3.8) is 0 Å². The van der Waals surface area contributed by atoms with Crippen molar-refractivity contribution in [3.05, 3.63) is 89.4 Å². The van der Waals surface area contributed by atoms with Crippen LogP contribution in [0, 0.1) is 5.41 Å². The van der Waals surface area contributed by atoms with Crippen molar-refractivity contribution < 1.29 is 0 Å². The van der Waals surface area contributed by atoms with E-state index in [9.17, 15) is 0 Å². The zero-order valence-corrected chi connectivity index (χ0v) is 13.5. The van der Waals surface area contributed by atoms with Crippen LogP contribution < -0.4 is 5.49 Å². The lowest BCUT2D eigenvalue weighted by atomic mass is 10.1. The van der Waals surface area contributed by atoms with E-state index in [2.05, 4.69) is 0 Å². The van der Waals surface area contributed by atoms with Gasteiger partial charge in [-0.05, 0) is 24.3 Å². The van der Waals surface area contributed by atoms with Gasteiger partial charge in [-0.3, -0.25) is 9.98 Å². The molecule has 0 fully saturated rings. The van der Waals surface area contributed by atoms with Crippen LogP contribution in [-0.2, 0) is 0 Å². The largest absolute Gasteiger partial charge is 0.283 e. The van der Waals surface area contributed by atoms with Gasteiger partial charge in [-0.25, -0.2) is 4.98 Å². The van der Waals surface area contributed by atoms with Gasteiger partial charge in [0.05, 0.1) is 16.2 Å². The SMILES string of the molecule is N=c1c2ccccc2nc(-c2ccccc2)n1-c1ccccc1Cl. The highest BCUT2D eigenvalue weighted by atomic mass is 35.5.